The smallest absolute Gasteiger partial charge is 0.163 e. The van der Waals surface area contributed by atoms with Crippen LogP contribution in [0.25, 0.3) is 0 Å². The summed E-state index contributed by atoms with van der Waals surface area (Å²) >= 11 is 0. The van der Waals surface area contributed by atoms with E-state index in [1.807, 2.05) is 111 Å². The number of hydrogen-bond acceptors (Lipinski definition) is 6. The molecule has 0 amide bonds. The Kier molecular flexibility index (Phi) is 9.62. The Morgan fingerprint density at radius 1 is 0.537 bits per heavy atom. The van der Waals surface area contributed by atoms with Crippen LogP contribution < -0.4 is 0 Å². The van der Waals surface area contributed by atoms with Crippen LogP contribution in [0.1, 0.15) is 36.1 Å². The van der Waals surface area contributed by atoms with Crippen molar-refractivity contribution in [3.63, 3.8) is 0 Å². The van der Waals surface area contributed by atoms with E-state index < -0.39 is 30.1 Å². The van der Waals surface area contributed by atoms with E-state index in [0.29, 0.717) is 25.9 Å². The van der Waals surface area contributed by atoms with Crippen molar-refractivity contribution >= 4 is 0 Å². The van der Waals surface area contributed by atoms with Gasteiger partial charge >= 0.3 is 0 Å². The van der Waals surface area contributed by atoms with Gasteiger partial charge in [-0.1, -0.05) is 121 Å². The molecule has 41 heavy (non-hydrogen) atoms. The SMILES string of the molecule is CC1(C)O[C@@H]([C@@H](Cc2ccccc2)N(O)Cc2ccccc2)[C@H]([C@H](Cc2ccccc2)N(O)Cc2ccccc2)O1. The molecule has 0 aromatic heterocycles. The van der Waals surface area contributed by atoms with E-state index in [9.17, 15) is 10.4 Å². The normalized spacial score (nSPS) is 19.9. The van der Waals surface area contributed by atoms with Crippen LogP contribution in [0.4, 0.5) is 0 Å². The molecule has 1 heterocycles. The molecule has 1 aliphatic rings. The molecule has 0 spiro atoms. The highest BCUT2D eigenvalue weighted by atomic mass is 16.8. The van der Waals surface area contributed by atoms with Crippen molar-refractivity contribution in [1.82, 2.24) is 10.1 Å². The first-order valence-electron chi connectivity index (χ1n) is 14.3. The standard InChI is InChI=1S/C35H40N2O4/c1-35(2)40-33(31(23-27-15-7-3-8-16-27)36(38)25-29-19-11-5-12-20-29)34(41-35)32(24-28-17-9-4-10-18-28)37(39)26-30-21-13-6-14-22-30/h3-22,31-34,38-39H,23-26H2,1-2H3/t31-,32+,33-,34-/m0/s1. The van der Waals surface area contributed by atoms with E-state index in [4.69, 9.17) is 9.47 Å². The summed E-state index contributed by atoms with van der Waals surface area (Å²) in [7, 11) is 0. The molecule has 4 aromatic carbocycles. The average molecular weight is 553 g/mol. The molecule has 0 aliphatic carbocycles. The number of hydroxylamine groups is 4. The molecule has 214 valence electrons. The largest absolute Gasteiger partial charge is 0.343 e. The lowest BCUT2D eigenvalue weighted by molar-refractivity contribution is -0.189. The predicted octanol–water partition coefficient (Wildman–Crippen LogP) is 6.51. The van der Waals surface area contributed by atoms with Gasteiger partial charge in [-0.15, -0.1) is 0 Å². The van der Waals surface area contributed by atoms with Gasteiger partial charge in [0.2, 0.25) is 0 Å². The zero-order chi connectivity index (χ0) is 28.7. The minimum Gasteiger partial charge on any atom is -0.343 e. The summed E-state index contributed by atoms with van der Waals surface area (Å²) in [6.07, 6.45) is 0.0380. The Morgan fingerprint density at radius 2 is 0.829 bits per heavy atom. The second kappa shape index (κ2) is 13.5. The van der Waals surface area contributed by atoms with Gasteiger partial charge in [-0.3, -0.25) is 0 Å². The lowest BCUT2D eigenvalue weighted by Crippen LogP contribution is -2.54. The van der Waals surface area contributed by atoms with Gasteiger partial charge in [-0.25, -0.2) is 0 Å². The van der Waals surface area contributed by atoms with Gasteiger partial charge in [0, 0.05) is 13.1 Å². The Morgan fingerprint density at radius 3 is 1.15 bits per heavy atom. The lowest BCUT2D eigenvalue weighted by atomic mass is 9.90. The second-order valence-electron chi connectivity index (χ2n) is 11.2. The fourth-order valence-corrected chi connectivity index (χ4v) is 5.68. The van der Waals surface area contributed by atoms with Crippen molar-refractivity contribution in [2.24, 2.45) is 0 Å². The van der Waals surface area contributed by atoms with Crippen molar-refractivity contribution in [3.8, 4) is 0 Å². The van der Waals surface area contributed by atoms with Crippen LogP contribution in [-0.4, -0.2) is 50.6 Å². The molecule has 0 bridgehead atoms. The molecule has 1 fully saturated rings. The van der Waals surface area contributed by atoms with E-state index in [-0.39, 0.29) is 0 Å². The Balaban J connectivity index is 1.50. The lowest BCUT2D eigenvalue weighted by Gasteiger charge is -2.37. The number of rotatable bonds is 12. The summed E-state index contributed by atoms with van der Waals surface area (Å²) in [5.41, 5.74) is 4.16. The Labute approximate surface area is 243 Å². The first-order chi connectivity index (χ1) is 19.9. The summed E-state index contributed by atoms with van der Waals surface area (Å²) < 4.78 is 13.2. The summed E-state index contributed by atoms with van der Waals surface area (Å²) in [5.74, 6) is -0.902. The molecule has 4 aromatic rings. The maximum absolute atomic E-state index is 11.6. The first-order valence-corrected chi connectivity index (χ1v) is 14.3. The summed E-state index contributed by atoms with van der Waals surface area (Å²) in [4.78, 5) is 0. The van der Waals surface area contributed by atoms with Crippen molar-refractivity contribution < 1.29 is 19.9 Å². The van der Waals surface area contributed by atoms with Gasteiger partial charge in [-0.2, -0.15) is 10.1 Å². The molecular weight excluding hydrogens is 512 g/mol. The molecule has 1 saturated heterocycles. The molecular formula is C35H40N2O4. The van der Waals surface area contributed by atoms with Crippen molar-refractivity contribution in [2.45, 2.75) is 69.9 Å². The maximum Gasteiger partial charge on any atom is 0.163 e. The molecule has 6 nitrogen and oxygen atoms in total. The third-order valence-electron chi connectivity index (χ3n) is 7.64. The molecule has 6 heteroatoms. The van der Waals surface area contributed by atoms with E-state index in [0.717, 1.165) is 22.3 Å². The molecule has 2 N–H and O–H groups in total. The highest BCUT2D eigenvalue weighted by Gasteiger charge is 2.51. The highest BCUT2D eigenvalue weighted by molar-refractivity contribution is 5.21. The third-order valence-corrected chi connectivity index (χ3v) is 7.64. The summed E-state index contributed by atoms with van der Waals surface area (Å²) in [5, 5.41) is 26.0. The molecule has 1 aliphatic heterocycles. The topological polar surface area (TPSA) is 65.4 Å². The van der Waals surface area contributed by atoms with Crippen LogP contribution in [0.15, 0.2) is 121 Å². The van der Waals surface area contributed by atoms with E-state index in [2.05, 4.69) is 24.3 Å². The van der Waals surface area contributed by atoms with Crippen molar-refractivity contribution in [1.29, 1.82) is 0 Å². The van der Waals surface area contributed by atoms with Gasteiger partial charge in [-0.05, 0) is 48.9 Å². The van der Waals surface area contributed by atoms with Crippen molar-refractivity contribution in [3.05, 3.63) is 144 Å². The predicted molar refractivity (Wildman–Crippen MR) is 159 cm³/mol. The zero-order valence-corrected chi connectivity index (χ0v) is 23.8. The second-order valence-corrected chi connectivity index (χ2v) is 11.2. The van der Waals surface area contributed by atoms with Crippen LogP contribution >= 0.6 is 0 Å². The summed E-state index contributed by atoms with van der Waals surface area (Å²) in [6, 6.07) is 39.2. The molecule has 5 rings (SSSR count). The Bertz CT molecular complexity index is 1220. The number of benzene rings is 4. The summed E-state index contributed by atoms with van der Waals surface area (Å²) in [6.45, 7) is 4.47. The minimum absolute atomic E-state index is 0.335. The Hall–Kier alpha value is -3.36. The average Bonchev–Trinajstić information content (AvgIpc) is 3.31. The third kappa shape index (κ3) is 7.89. The van der Waals surface area contributed by atoms with Crippen LogP contribution in [0.3, 0.4) is 0 Å². The highest BCUT2D eigenvalue weighted by Crippen LogP contribution is 2.37. The van der Waals surface area contributed by atoms with Crippen LogP contribution in [0, 0.1) is 0 Å². The first kappa shape index (κ1) is 29.1. The molecule has 0 radical (unpaired) electrons. The fraction of sp³-hybridized carbons (Fsp3) is 0.314. The van der Waals surface area contributed by atoms with Crippen LogP contribution in [-0.2, 0) is 35.4 Å². The monoisotopic (exact) mass is 552 g/mol. The van der Waals surface area contributed by atoms with Gasteiger partial charge in [0.25, 0.3) is 0 Å². The molecule has 4 atom stereocenters. The van der Waals surface area contributed by atoms with Crippen molar-refractivity contribution in [2.75, 3.05) is 0 Å². The van der Waals surface area contributed by atoms with Gasteiger partial charge in [0.15, 0.2) is 5.79 Å². The van der Waals surface area contributed by atoms with Gasteiger partial charge in [0.1, 0.15) is 12.2 Å². The quantitative estimate of drug-likeness (QED) is 0.195. The van der Waals surface area contributed by atoms with Gasteiger partial charge in [0.05, 0.1) is 12.1 Å². The van der Waals surface area contributed by atoms with Crippen LogP contribution in [0.2, 0.25) is 0 Å². The maximum atomic E-state index is 11.6. The van der Waals surface area contributed by atoms with E-state index >= 15 is 0 Å². The fourth-order valence-electron chi connectivity index (χ4n) is 5.68. The zero-order valence-electron chi connectivity index (χ0n) is 23.8. The number of ether oxygens (including phenoxy) is 2. The minimum atomic E-state index is -0.902. The molecule has 0 saturated carbocycles. The van der Waals surface area contributed by atoms with Gasteiger partial charge < -0.3 is 19.9 Å². The van der Waals surface area contributed by atoms with E-state index in [1.54, 1.807) is 0 Å². The molecule has 0 unspecified atom stereocenters. The number of nitrogens with zero attached hydrogens (tertiary/aromatic N) is 2. The van der Waals surface area contributed by atoms with Crippen LogP contribution in [0.5, 0.6) is 0 Å². The van der Waals surface area contributed by atoms with E-state index in [1.165, 1.54) is 10.1 Å². The number of hydrogen-bond donors (Lipinski definition) is 2.